The second kappa shape index (κ2) is 14.4. The normalized spacial score (nSPS) is 14.7. The maximum absolute atomic E-state index is 5.95. The van der Waals surface area contributed by atoms with E-state index in [4.69, 9.17) is 9.47 Å². The number of aliphatic imine (C=N–C) groups is 1. The summed E-state index contributed by atoms with van der Waals surface area (Å²) in [5.41, 5.74) is 3.64. The number of hydrogen-bond donors (Lipinski definition) is 1. The van der Waals surface area contributed by atoms with Gasteiger partial charge in [-0.3, -0.25) is 4.99 Å². The van der Waals surface area contributed by atoms with Crippen LogP contribution < -0.4 is 5.32 Å². The Morgan fingerprint density at radius 1 is 1.03 bits per heavy atom. The van der Waals surface area contributed by atoms with Gasteiger partial charge < -0.3 is 19.7 Å². The van der Waals surface area contributed by atoms with Gasteiger partial charge in [0.05, 0.1) is 13.2 Å². The third-order valence-corrected chi connectivity index (χ3v) is 5.71. The summed E-state index contributed by atoms with van der Waals surface area (Å²) < 4.78 is 11.4. The molecule has 3 rings (SSSR count). The highest BCUT2D eigenvalue weighted by Gasteiger charge is 2.15. The van der Waals surface area contributed by atoms with Crippen LogP contribution in [0.5, 0.6) is 0 Å². The number of guanidine groups is 1. The molecule has 1 fully saturated rings. The lowest BCUT2D eigenvalue weighted by Crippen LogP contribution is -2.39. The Morgan fingerprint density at radius 3 is 2.42 bits per heavy atom. The van der Waals surface area contributed by atoms with Crippen molar-refractivity contribution in [3.8, 4) is 0 Å². The topological polar surface area (TPSA) is 46.1 Å². The molecule has 0 spiro atoms. The molecular weight excluding hydrogens is 501 g/mol. The fourth-order valence-corrected chi connectivity index (χ4v) is 3.80. The third-order valence-electron chi connectivity index (χ3n) is 5.71. The van der Waals surface area contributed by atoms with Crippen molar-refractivity contribution in [1.29, 1.82) is 0 Å². The number of hydrogen-bond acceptors (Lipinski definition) is 3. The summed E-state index contributed by atoms with van der Waals surface area (Å²) in [7, 11) is 3.96. The van der Waals surface area contributed by atoms with Crippen LogP contribution in [0.2, 0.25) is 0 Å². The molecule has 5 nitrogen and oxygen atoms in total. The van der Waals surface area contributed by atoms with E-state index in [0.29, 0.717) is 13.2 Å². The minimum atomic E-state index is 0. The van der Waals surface area contributed by atoms with Crippen molar-refractivity contribution in [1.82, 2.24) is 10.2 Å². The van der Waals surface area contributed by atoms with Gasteiger partial charge >= 0.3 is 0 Å². The SMILES string of the molecule is CN=C(NCc1ccccc1COCc1ccccc1)N(C)CCC1CCOCC1.I. The van der Waals surface area contributed by atoms with Gasteiger partial charge in [0.15, 0.2) is 5.96 Å². The molecule has 1 saturated heterocycles. The van der Waals surface area contributed by atoms with Crippen LogP contribution in [0.4, 0.5) is 0 Å². The van der Waals surface area contributed by atoms with Crippen molar-refractivity contribution in [2.45, 2.75) is 39.0 Å². The fraction of sp³-hybridized carbons (Fsp3) is 0.480. The summed E-state index contributed by atoms with van der Waals surface area (Å²) in [5.74, 6) is 1.70. The van der Waals surface area contributed by atoms with Gasteiger partial charge in [0, 0.05) is 40.4 Å². The van der Waals surface area contributed by atoms with E-state index in [1.165, 1.54) is 36.0 Å². The highest BCUT2D eigenvalue weighted by Crippen LogP contribution is 2.18. The van der Waals surface area contributed by atoms with Crippen LogP contribution in [0.15, 0.2) is 59.6 Å². The first kappa shape index (κ1) is 25.6. The average molecular weight is 537 g/mol. The summed E-state index contributed by atoms with van der Waals surface area (Å²) in [4.78, 5) is 6.70. The molecule has 6 heteroatoms. The lowest BCUT2D eigenvalue weighted by molar-refractivity contribution is 0.0625. The Morgan fingerprint density at radius 2 is 1.71 bits per heavy atom. The van der Waals surface area contributed by atoms with Crippen LogP contribution in [0, 0.1) is 5.92 Å². The molecule has 0 saturated carbocycles. The molecule has 170 valence electrons. The van der Waals surface area contributed by atoms with Crippen molar-refractivity contribution < 1.29 is 9.47 Å². The van der Waals surface area contributed by atoms with Gasteiger partial charge in [-0.25, -0.2) is 0 Å². The maximum Gasteiger partial charge on any atom is 0.193 e. The molecule has 1 N–H and O–H groups in total. The summed E-state index contributed by atoms with van der Waals surface area (Å²) in [5, 5.41) is 3.52. The van der Waals surface area contributed by atoms with E-state index in [1.54, 1.807) is 0 Å². The van der Waals surface area contributed by atoms with Crippen molar-refractivity contribution in [2.24, 2.45) is 10.9 Å². The van der Waals surface area contributed by atoms with Gasteiger partial charge in [0.25, 0.3) is 0 Å². The zero-order valence-corrected chi connectivity index (χ0v) is 21.1. The van der Waals surface area contributed by atoms with Gasteiger partial charge in [0.2, 0.25) is 0 Å². The van der Waals surface area contributed by atoms with Crippen molar-refractivity contribution in [3.63, 3.8) is 0 Å². The molecule has 1 aliphatic heterocycles. The standard InChI is InChI=1S/C25H35N3O2.HI/c1-26-25(28(2)15-12-21-13-16-29-17-14-21)27-18-23-10-6-7-11-24(23)20-30-19-22-8-4-3-5-9-22;/h3-11,21H,12-20H2,1-2H3,(H,26,27);1H. The molecule has 0 aliphatic carbocycles. The van der Waals surface area contributed by atoms with Crippen LogP contribution in [-0.4, -0.2) is 44.7 Å². The molecule has 2 aromatic rings. The maximum atomic E-state index is 5.95. The minimum Gasteiger partial charge on any atom is -0.381 e. The molecule has 2 aromatic carbocycles. The largest absolute Gasteiger partial charge is 0.381 e. The van der Waals surface area contributed by atoms with Crippen LogP contribution >= 0.6 is 24.0 Å². The Labute approximate surface area is 204 Å². The van der Waals surface area contributed by atoms with Gasteiger partial charge in [-0.2, -0.15) is 0 Å². The molecule has 0 atom stereocenters. The van der Waals surface area contributed by atoms with E-state index in [9.17, 15) is 0 Å². The molecule has 0 unspecified atom stereocenters. The number of ether oxygens (including phenoxy) is 2. The molecule has 31 heavy (non-hydrogen) atoms. The quantitative estimate of drug-likeness (QED) is 0.283. The van der Waals surface area contributed by atoms with Crippen LogP contribution in [0.3, 0.4) is 0 Å². The van der Waals surface area contributed by atoms with E-state index >= 15 is 0 Å². The summed E-state index contributed by atoms with van der Waals surface area (Å²) in [6.45, 7) is 4.78. The van der Waals surface area contributed by atoms with E-state index in [0.717, 1.165) is 38.2 Å². The Bertz CT molecular complexity index is 779. The molecule has 0 amide bonds. The lowest BCUT2D eigenvalue weighted by Gasteiger charge is -2.27. The molecule has 0 bridgehead atoms. The Hall–Kier alpha value is -1.64. The monoisotopic (exact) mass is 537 g/mol. The zero-order chi connectivity index (χ0) is 21.0. The summed E-state index contributed by atoms with van der Waals surface area (Å²) >= 11 is 0. The number of halogens is 1. The van der Waals surface area contributed by atoms with Crippen molar-refractivity contribution in [2.75, 3.05) is 33.9 Å². The first-order valence-corrected chi connectivity index (χ1v) is 10.9. The van der Waals surface area contributed by atoms with E-state index in [2.05, 4.69) is 58.7 Å². The number of nitrogens with one attached hydrogen (secondary N) is 1. The van der Waals surface area contributed by atoms with Crippen LogP contribution in [-0.2, 0) is 29.2 Å². The predicted molar refractivity (Wildman–Crippen MR) is 138 cm³/mol. The smallest absolute Gasteiger partial charge is 0.193 e. The van der Waals surface area contributed by atoms with E-state index < -0.39 is 0 Å². The molecule has 0 radical (unpaired) electrons. The number of benzene rings is 2. The Balaban J connectivity index is 0.00000341. The Kier molecular flexibility index (Phi) is 11.9. The van der Waals surface area contributed by atoms with Crippen molar-refractivity contribution in [3.05, 3.63) is 71.3 Å². The zero-order valence-electron chi connectivity index (χ0n) is 18.8. The first-order valence-electron chi connectivity index (χ1n) is 10.9. The minimum absolute atomic E-state index is 0. The van der Waals surface area contributed by atoms with Gasteiger partial charge in [0.1, 0.15) is 0 Å². The number of nitrogens with zero attached hydrogens (tertiary/aromatic N) is 2. The first-order chi connectivity index (χ1) is 14.8. The lowest BCUT2D eigenvalue weighted by atomic mass is 9.96. The van der Waals surface area contributed by atoms with E-state index in [1.807, 2.05) is 25.2 Å². The molecule has 1 heterocycles. The molecule has 1 aliphatic rings. The fourth-order valence-electron chi connectivity index (χ4n) is 3.80. The summed E-state index contributed by atoms with van der Waals surface area (Å²) in [6.07, 6.45) is 3.54. The van der Waals surface area contributed by atoms with Crippen LogP contribution in [0.25, 0.3) is 0 Å². The van der Waals surface area contributed by atoms with E-state index in [-0.39, 0.29) is 24.0 Å². The van der Waals surface area contributed by atoms with Crippen molar-refractivity contribution >= 4 is 29.9 Å². The highest BCUT2D eigenvalue weighted by atomic mass is 127. The summed E-state index contributed by atoms with van der Waals surface area (Å²) in [6, 6.07) is 18.7. The van der Waals surface area contributed by atoms with Gasteiger partial charge in [-0.15, -0.1) is 24.0 Å². The van der Waals surface area contributed by atoms with Crippen LogP contribution in [0.1, 0.15) is 36.0 Å². The molecule has 0 aromatic heterocycles. The highest BCUT2D eigenvalue weighted by molar-refractivity contribution is 14.0. The average Bonchev–Trinajstić information content (AvgIpc) is 2.80. The third kappa shape index (κ3) is 8.79. The van der Waals surface area contributed by atoms with Gasteiger partial charge in [-0.05, 0) is 41.9 Å². The predicted octanol–water partition coefficient (Wildman–Crippen LogP) is 4.85. The second-order valence-corrected chi connectivity index (χ2v) is 7.91. The molecular formula is C25H36IN3O2. The second-order valence-electron chi connectivity index (χ2n) is 7.91. The van der Waals surface area contributed by atoms with Gasteiger partial charge in [-0.1, -0.05) is 54.6 Å². The number of rotatable bonds is 9.